The number of rotatable bonds is 2. The fraction of sp³-hybridized carbons (Fsp3) is 0.111. The van der Waals surface area contributed by atoms with Crippen LogP contribution in [-0.4, -0.2) is 15.0 Å². The summed E-state index contributed by atoms with van der Waals surface area (Å²) in [4.78, 5) is 1.54. The van der Waals surface area contributed by atoms with Gasteiger partial charge in [-0.1, -0.05) is 23.7 Å². The molecule has 1 heterocycles. The van der Waals surface area contributed by atoms with Gasteiger partial charge in [0.1, 0.15) is 0 Å². The first-order valence-corrected chi connectivity index (χ1v) is 4.52. The van der Waals surface area contributed by atoms with Gasteiger partial charge in [0, 0.05) is 5.02 Å². The Balaban J connectivity index is 2.15. The van der Waals surface area contributed by atoms with Gasteiger partial charge in [0.05, 0.1) is 12.7 Å². The summed E-state index contributed by atoms with van der Waals surface area (Å²) < 4.78 is 0. The molecular formula is C9H9ClN4. The van der Waals surface area contributed by atoms with Crippen molar-refractivity contribution in [2.75, 3.05) is 5.73 Å². The van der Waals surface area contributed by atoms with E-state index in [0.717, 1.165) is 10.6 Å². The molecule has 0 bridgehead atoms. The maximum absolute atomic E-state index is 5.76. The molecule has 14 heavy (non-hydrogen) atoms. The van der Waals surface area contributed by atoms with Crippen molar-refractivity contribution in [3.8, 4) is 0 Å². The summed E-state index contributed by atoms with van der Waals surface area (Å²) in [6.07, 6.45) is 1.52. The van der Waals surface area contributed by atoms with Crippen LogP contribution in [0.1, 0.15) is 5.56 Å². The summed E-state index contributed by atoms with van der Waals surface area (Å²) in [7, 11) is 0. The molecule has 0 amide bonds. The number of benzene rings is 1. The Morgan fingerprint density at radius 3 is 2.57 bits per heavy atom. The maximum atomic E-state index is 5.76. The van der Waals surface area contributed by atoms with E-state index in [1.54, 1.807) is 4.80 Å². The Morgan fingerprint density at radius 2 is 2.00 bits per heavy atom. The zero-order valence-corrected chi connectivity index (χ0v) is 8.15. The van der Waals surface area contributed by atoms with E-state index in [1.165, 1.54) is 6.20 Å². The zero-order chi connectivity index (χ0) is 9.97. The fourth-order valence-electron chi connectivity index (χ4n) is 1.14. The lowest BCUT2D eigenvalue weighted by atomic mass is 10.2. The highest BCUT2D eigenvalue weighted by atomic mass is 35.5. The Morgan fingerprint density at radius 1 is 1.29 bits per heavy atom. The van der Waals surface area contributed by atoms with Crippen molar-refractivity contribution in [3.63, 3.8) is 0 Å². The SMILES string of the molecule is Nc1cnn(Cc2ccc(Cl)cc2)n1. The highest BCUT2D eigenvalue weighted by Gasteiger charge is 1.98. The van der Waals surface area contributed by atoms with Crippen molar-refractivity contribution in [2.24, 2.45) is 0 Å². The normalized spacial score (nSPS) is 10.4. The molecule has 1 aromatic carbocycles. The van der Waals surface area contributed by atoms with Gasteiger partial charge in [-0.25, -0.2) is 0 Å². The molecule has 0 saturated carbocycles. The minimum absolute atomic E-state index is 0.430. The first-order chi connectivity index (χ1) is 6.74. The lowest BCUT2D eigenvalue weighted by molar-refractivity contribution is 0.593. The summed E-state index contributed by atoms with van der Waals surface area (Å²) in [5.74, 6) is 0.430. The molecule has 0 aliphatic rings. The van der Waals surface area contributed by atoms with E-state index in [-0.39, 0.29) is 0 Å². The van der Waals surface area contributed by atoms with Crippen LogP contribution in [0.2, 0.25) is 5.02 Å². The van der Waals surface area contributed by atoms with Crippen molar-refractivity contribution >= 4 is 17.4 Å². The number of hydrogen-bond acceptors (Lipinski definition) is 3. The predicted molar refractivity (Wildman–Crippen MR) is 55.0 cm³/mol. The molecule has 0 atom stereocenters. The van der Waals surface area contributed by atoms with Crippen LogP contribution in [0.25, 0.3) is 0 Å². The average molecular weight is 209 g/mol. The zero-order valence-electron chi connectivity index (χ0n) is 7.39. The topological polar surface area (TPSA) is 56.7 Å². The van der Waals surface area contributed by atoms with Crippen LogP contribution in [0.4, 0.5) is 5.82 Å². The largest absolute Gasteiger partial charge is 0.381 e. The van der Waals surface area contributed by atoms with Gasteiger partial charge >= 0.3 is 0 Å². The first kappa shape index (κ1) is 9.02. The third-order valence-electron chi connectivity index (χ3n) is 1.79. The molecule has 0 saturated heterocycles. The lowest BCUT2D eigenvalue weighted by Crippen LogP contribution is -2.03. The number of hydrogen-bond donors (Lipinski definition) is 1. The molecule has 2 aromatic rings. The molecule has 0 radical (unpaired) electrons. The van der Waals surface area contributed by atoms with E-state index in [0.29, 0.717) is 12.4 Å². The third kappa shape index (κ3) is 2.03. The van der Waals surface area contributed by atoms with Gasteiger partial charge in [-0.15, -0.1) is 5.10 Å². The van der Waals surface area contributed by atoms with Crippen molar-refractivity contribution < 1.29 is 0 Å². The summed E-state index contributed by atoms with van der Waals surface area (Å²) in [5.41, 5.74) is 6.53. The average Bonchev–Trinajstić information content (AvgIpc) is 2.56. The molecule has 0 aliphatic heterocycles. The molecule has 72 valence electrons. The quantitative estimate of drug-likeness (QED) is 0.815. The van der Waals surface area contributed by atoms with Crippen LogP contribution in [0.15, 0.2) is 30.5 Å². The molecule has 0 fully saturated rings. The standard InChI is InChI=1S/C9H9ClN4/c10-8-3-1-7(2-4-8)6-14-12-5-9(11)13-14/h1-5H,6H2,(H2,11,13). The highest BCUT2D eigenvalue weighted by molar-refractivity contribution is 6.30. The van der Waals surface area contributed by atoms with E-state index >= 15 is 0 Å². The van der Waals surface area contributed by atoms with Gasteiger partial charge in [-0.05, 0) is 17.7 Å². The second kappa shape index (κ2) is 3.67. The molecule has 5 heteroatoms. The molecule has 2 N–H and O–H groups in total. The van der Waals surface area contributed by atoms with Gasteiger partial charge in [-0.3, -0.25) is 0 Å². The van der Waals surface area contributed by atoms with Crippen molar-refractivity contribution in [1.29, 1.82) is 0 Å². The molecule has 2 rings (SSSR count). The van der Waals surface area contributed by atoms with E-state index in [2.05, 4.69) is 10.2 Å². The number of halogens is 1. The Bertz CT molecular complexity index is 421. The second-order valence-corrected chi connectivity index (χ2v) is 3.36. The Labute approximate surface area is 86.3 Å². The fourth-order valence-corrected chi connectivity index (χ4v) is 1.27. The van der Waals surface area contributed by atoms with Crippen LogP contribution >= 0.6 is 11.6 Å². The van der Waals surface area contributed by atoms with Crippen LogP contribution in [0.3, 0.4) is 0 Å². The van der Waals surface area contributed by atoms with E-state index in [4.69, 9.17) is 17.3 Å². The van der Waals surface area contributed by atoms with Gasteiger partial charge in [0.2, 0.25) is 0 Å². The van der Waals surface area contributed by atoms with E-state index in [9.17, 15) is 0 Å². The summed E-state index contributed by atoms with van der Waals surface area (Å²) in [5, 5.41) is 8.68. The summed E-state index contributed by atoms with van der Waals surface area (Å²) in [6.45, 7) is 0.606. The molecule has 0 spiro atoms. The first-order valence-electron chi connectivity index (χ1n) is 4.14. The summed E-state index contributed by atoms with van der Waals surface area (Å²) >= 11 is 5.76. The summed E-state index contributed by atoms with van der Waals surface area (Å²) in [6, 6.07) is 7.54. The van der Waals surface area contributed by atoms with E-state index < -0.39 is 0 Å². The smallest absolute Gasteiger partial charge is 0.165 e. The maximum Gasteiger partial charge on any atom is 0.165 e. The highest BCUT2D eigenvalue weighted by Crippen LogP contribution is 2.10. The van der Waals surface area contributed by atoms with Gasteiger partial charge in [-0.2, -0.15) is 9.90 Å². The number of aromatic nitrogens is 3. The Kier molecular flexibility index (Phi) is 2.37. The third-order valence-corrected chi connectivity index (χ3v) is 2.04. The van der Waals surface area contributed by atoms with Crippen LogP contribution < -0.4 is 5.73 Å². The molecule has 0 unspecified atom stereocenters. The molecule has 0 aliphatic carbocycles. The van der Waals surface area contributed by atoms with Crippen molar-refractivity contribution in [1.82, 2.24) is 15.0 Å². The van der Waals surface area contributed by atoms with Gasteiger partial charge < -0.3 is 5.73 Å². The number of nitrogen functional groups attached to an aromatic ring is 1. The van der Waals surface area contributed by atoms with Crippen LogP contribution in [0, 0.1) is 0 Å². The predicted octanol–water partition coefficient (Wildman–Crippen LogP) is 1.56. The minimum atomic E-state index is 0.430. The van der Waals surface area contributed by atoms with Crippen molar-refractivity contribution in [2.45, 2.75) is 6.54 Å². The number of nitrogens with zero attached hydrogens (tertiary/aromatic N) is 3. The second-order valence-electron chi connectivity index (χ2n) is 2.93. The lowest BCUT2D eigenvalue weighted by Gasteiger charge is -1.99. The number of nitrogens with two attached hydrogens (primary N) is 1. The van der Waals surface area contributed by atoms with Crippen LogP contribution in [-0.2, 0) is 6.54 Å². The van der Waals surface area contributed by atoms with Crippen LogP contribution in [0.5, 0.6) is 0 Å². The molecule has 4 nitrogen and oxygen atoms in total. The van der Waals surface area contributed by atoms with E-state index in [1.807, 2.05) is 24.3 Å². The van der Waals surface area contributed by atoms with Gasteiger partial charge in [0.25, 0.3) is 0 Å². The van der Waals surface area contributed by atoms with Gasteiger partial charge in [0.15, 0.2) is 5.82 Å². The van der Waals surface area contributed by atoms with Crippen molar-refractivity contribution in [3.05, 3.63) is 41.0 Å². The number of anilines is 1. The Hall–Kier alpha value is -1.55. The minimum Gasteiger partial charge on any atom is -0.381 e. The molecule has 1 aromatic heterocycles. The molecular weight excluding hydrogens is 200 g/mol. The monoisotopic (exact) mass is 208 g/mol.